The molecule has 1 heteroatoms. The summed E-state index contributed by atoms with van der Waals surface area (Å²) < 4.78 is 0. The predicted octanol–water partition coefficient (Wildman–Crippen LogP) is 2.34. The second kappa shape index (κ2) is 7.96. The van der Waals surface area contributed by atoms with Crippen molar-refractivity contribution in [2.24, 2.45) is 0 Å². The van der Waals surface area contributed by atoms with Crippen LogP contribution in [0.15, 0.2) is 0 Å². The Kier molecular flexibility index (Phi) is 7.92. The van der Waals surface area contributed by atoms with E-state index in [9.17, 15) is 0 Å². The highest BCUT2D eigenvalue weighted by Crippen LogP contribution is 2.00. The van der Waals surface area contributed by atoms with E-state index in [2.05, 4.69) is 19.3 Å². The van der Waals surface area contributed by atoms with Gasteiger partial charge in [-0.25, -0.2) is 0 Å². The van der Waals surface area contributed by atoms with Crippen molar-refractivity contribution in [3.63, 3.8) is 0 Å². The van der Waals surface area contributed by atoms with Gasteiger partial charge in [-0.15, -0.1) is 0 Å². The molecule has 0 aromatic rings. The van der Waals surface area contributed by atoms with E-state index < -0.39 is 0 Å². The minimum Gasteiger partial charge on any atom is -0.315 e. The Morgan fingerprint density at radius 3 is 2.33 bits per heavy atom. The molecule has 1 N–H and O–H groups in total. The van der Waals surface area contributed by atoms with Crippen LogP contribution in [0.4, 0.5) is 0 Å². The zero-order valence-electron chi connectivity index (χ0n) is 6.45. The monoisotopic (exact) mass is 128 g/mol. The highest BCUT2D eigenvalue weighted by molar-refractivity contribution is 4.45. The zero-order chi connectivity index (χ0) is 6.95. The van der Waals surface area contributed by atoms with Crippen molar-refractivity contribution in [2.75, 3.05) is 6.54 Å². The minimum atomic E-state index is 1.07. The first-order valence-corrected chi connectivity index (χ1v) is 3.91. The van der Waals surface area contributed by atoms with Gasteiger partial charge in [-0.2, -0.15) is 0 Å². The molecule has 0 aromatic heterocycles. The molecule has 0 spiro atoms. The van der Waals surface area contributed by atoms with Crippen molar-refractivity contribution in [1.29, 1.82) is 0 Å². The first kappa shape index (κ1) is 8.96. The Labute approximate surface area is 58.8 Å². The summed E-state index contributed by atoms with van der Waals surface area (Å²) >= 11 is 0. The molecule has 0 amide bonds. The molecule has 0 aromatic carbocycles. The van der Waals surface area contributed by atoms with Crippen LogP contribution >= 0.6 is 0 Å². The van der Waals surface area contributed by atoms with E-state index in [-0.39, 0.29) is 0 Å². The van der Waals surface area contributed by atoms with Gasteiger partial charge in [-0.1, -0.05) is 32.6 Å². The van der Waals surface area contributed by atoms with Crippen LogP contribution in [-0.4, -0.2) is 6.54 Å². The van der Waals surface area contributed by atoms with Gasteiger partial charge in [0.25, 0.3) is 0 Å². The van der Waals surface area contributed by atoms with E-state index >= 15 is 0 Å². The van der Waals surface area contributed by atoms with Crippen molar-refractivity contribution < 1.29 is 0 Å². The van der Waals surface area contributed by atoms with Crippen LogP contribution < -0.4 is 5.32 Å². The lowest BCUT2D eigenvalue weighted by Crippen LogP contribution is -2.03. The maximum Gasteiger partial charge on any atom is 0.00767 e. The topological polar surface area (TPSA) is 12.0 Å². The third-order valence-corrected chi connectivity index (χ3v) is 1.46. The van der Waals surface area contributed by atoms with Crippen molar-refractivity contribution in [3.05, 3.63) is 7.05 Å². The van der Waals surface area contributed by atoms with E-state index in [1.807, 2.05) is 0 Å². The Balaban J connectivity index is 2.60. The lowest BCUT2D eigenvalue weighted by atomic mass is 10.1. The molecular weight excluding hydrogens is 110 g/mol. The van der Waals surface area contributed by atoms with Gasteiger partial charge in [0.2, 0.25) is 0 Å². The summed E-state index contributed by atoms with van der Waals surface area (Å²) in [5.41, 5.74) is 0. The summed E-state index contributed by atoms with van der Waals surface area (Å²) in [4.78, 5) is 0. The fourth-order valence-electron chi connectivity index (χ4n) is 0.854. The van der Waals surface area contributed by atoms with Crippen LogP contribution in [0.3, 0.4) is 0 Å². The zero-order valence-corrected chi connectivity index (χ0v) is 6.45. The Bertz CT molecular complexity index is 37.8. The molecule has 0 unspecified atom stereocenters. The summed E-state index contributed by atoms with van der Waals surface area (Å²) in [6.07, 6.45) is 6.74. The quantitative estimate of drug-likeness (QED) is 0.541. The lowest BCUT2D eigenvalue weighted by molar-refractivity contribution is 0.618. The second-order valence-electron chi connectivity index (χ2n) is 2.41. The van der Waals surface area contributed by atoms with E-state index in [0.29, 0.717) is 0 Å². The van der Waals surface area contributed by atoms with Crippen LogP contribution in [0.2, 0.25) is 0 Å². The molecule has 1 radical (unpaired) electrons. The maximum absolute atomic E-state index is 3.55. The van der Waals surface area contributed by atoms with Gasteiger partial charge >= 0.3 is 0 Å². The van der Waals surface area contributed by atoms with Gasteiger partial charge < -0.3 is 5.32 Å². The molecule has 0 aliphatic heterocycles. The molecule has 55 valence electrons. The summed E-state index contributed by atoms with van der Waals surface area (Å²) in [7, 11) is 3.55. The lowest BCUT2D eigenvalue weighted by Gasteiger charge is -1.97. The van der Waals surface area contributed by atoms with Crippen LogP contribution in [0.1, 0.15) is 39.0 Å². The molecular formula is C8H18N. The average molecular weight is 128 g/mol. The van der Waals surface area contributed by atoms with Gasteiger partial charge in [0.1, 0.15) is 0 Å². The van der Waals surface area contributed by atoms with Crippen molar-refractivity contribution in [1.82, 2.24) is 5.32 Å². The largest absolute Gasteiger partial charge is 0.315 e. The molecule has 0 atom stereocenters. The Morgan fingerprint density at radius 1 is 1.11 bits per heavy atom. The Hall–Kier alpha value is -0.0400. The Morgan fingerprint density at radius 2 is 1.78 bits per heavy atom. The maximum atomic E-state index is 3.55. The molecule has 1 nitrogen and oxygen atoms in total. The average Bonchev–Trinajstić information content (AvgIpc) is 1.89. The molecule has 0 rings (SSSR count). The fraction of sp³-hybridized carbons (Fsp3) is 0.875. The second-order valence-corrected chi connectivity index (χ2v) is 2.41. The molecule has 0 fully saturated rings. The molecule has 0 bridgehead atoms. The normalized spacial score (nSPS) is 10.0. The van der Waals surface area contributed by atoms with Crippen LogP contribution in [0.5, 0.6) is 0 Å². The van der Waals surface area contributed by atoms with Crippen molar-refractivity contribution in [2.45, 2.75) is 39.0 Å². The van der Waals surface area contributed by atoms with E-state index in [4.69, 9.17) is 0 Å². The standard InChI is InChI=1S/C8H18N/c1-3-4-5-6-7-8-9-2/h9H,2-8H2,1H3. The summed E-state index contributed by atoms with van der Waals surface area (Å²) in [6, 6.07) is 0. The van der Waals surface area contributed by atoms with Crippen molar-refractivity contribution in [3.8, 4) is 0 Å². The SMILES string of the molecule is [CH2]NCCCCCCC. The van der Waals surface area contributed by atoms with Gasteiger partial charge in [0, 0.05) is 7.05 Å². The molecule has 0 saturated carbocycles. The predicted molar refractivity (Wildman–Crippen MR) is 42.1 cm³/mol. The number of rotatable bonds is 6. The van der Waals surface area contributed by atoms with Gasteiger partial charge in [-0.3, -0.25) is 0 Å². The molecule has 0 saturated heterocycles. The van der Waals surface area contributed by atoms with Gasteiger partial charge in [0.05, 0.1) is 0 Å². The fourth-order valence-corrected chi connectivity index (χ4v) is 0.854. The third kappa shape index (κ3) is 7.96. The molecule has 9 heavy (non-hydrogen) atoms. The highest BCUT2D eigenvalue weighted by atomic mass is 14.8. The molecule has 0 aliphatic rings. The van der Waals surface area contributed by atoms with E-state index in [0.717, 1.165) is 6.54 Å². The van der Waals surface area contributed by atoms with Gasteiger partial charge in [-0.05, 0) is 13.0 Å². The van der Waals surface area contributed by atoms with Gasteiger partial charge in [0.15, 0.2) is 0 Å². The molecule has 0 aliphatic carbocycles. The number of nitrogens with one attached hydrogen (secondary N) is 1. The van der Waals surface area contributed by atoms with Crippen molar-refractivity contribution >= 4 is 0 Å². The number of hydrogen-bond acceptors (Lipinski definition) is 1. The first-order valence-electron chi connectivity index (χ1n) is 3.91. The summed E-state index contributed by atoms with van der Waals surface area (Å²) in [5.74, 6) is 0. The van der Waals surface area contributed by atoms with Crippen LogP contribution in [0, 0.1) is 7.05 Å². The third-order valence-electron chi connectivity index (χ3n) is 1.46. The van der Waals surface area contributed by atoms with E-state index in [1.54, 1.807) is 0 Å². The minimum absolute atomic E-state index is 1.07. The van der Waals surface area contributed by atoms with Crippen LogP contribution in [-0.2, 0) is 0 Å². The highest BCUT2D eigenvalue weighted by Gasteiger charge is 1.85. The smallest absolute Gasteiger partial charge is 0.00767 e. The first-order chi connectivity index (χ1) is 4.41. The van der Waals surface area contributed by atoms with Crippen LogP contribution in [0.25, 0.3) is 0 Å². The summed E-state index contributed by atoms with van der Waals surface area (Å²) in [5, 5.41) is 2.89. The molecule has 0 heterocycles. The van der Waals surface area contributed by atoms with E-state index in [1.165, 1.54) is 32.1 Å². The number of hydrogen-bond donors (Lipinski definition) is 1. The number of unbranched alkanes of at least 4 members (excludes halogenated alkanes) is 4. The summed E-state index contributed by atoms with van der Waals surface area (Å²) in [6.45, 7) is 3.31.